The number of aryl methyl sites for hydroxylation is 1. The molecule has 0 saturated carbocycles. The molecule has 0 bridgehead atoms. The van der Waals surface area contributed by atoms with Crippen molar-refractivity contribution < 1.29 is 0 Å². The average Bonchev–Trinajstić information content (AvgIpc) is 2.62. The van der Waals surface area contributed by atoms with E-state index >= 15 is 0 Å². The Hall–Kier alpha value is -2.88. The zero-order chi connectivity index (χ0) is 16.8. The van der Waals surface area contributed by atoms with Gasteiger partial charge in [0.15, 0.2) is 0 Å². The number of rotatable bonds is 6. The van der Waals surface area contributed by atoms with Crippen LogP contribution in [-0.4, -0.2) is 17.0 Å². The van der Waals surface area contributed by atoms with Crippen LogP contribution in [0.15, 0.2) is 66.9 Å². The van der Waals surface area contributed by atoms with Crippen molar-refractivity contribution in [2.75, 3.05) is 17.3 Å². The second-order valence-corrected chi connectivity index (χ2v) is 5.92. The maximum absolute atomic E-state index is 4.61. The van der Waals surface area contributed by atoms with E-state index < -0.39 is 0 Å². The van der Waals surface area contributed by atoms with Gasteiger partial charge in [0.05, 0.1) is 0 Å². The highest BCUT2D eigenvalue weighted by molar-refractivity contribution is 5.42. The fourth-order valence-corrected chi connectivity index (χ4v) is 2.47. The SMILES string of the molecule is Cc1ccc(CNc2nccc(N(C)Cc3ccccc3)n2)cc1. The van der Waals surface area contributed by atoms with E-state index in [0.29, 0.717) is 12.5 Å². The Kier molecular flexibility index (Phi) is 5.06. The largest absolute Gasteiger partial charge is 0.355 e. The molecule has 0 saturated heterocycles. The maximum atomic E-state index is 4.61. The van der Waals surface area contributed by atoms with Crippen LogP contribution >= 0.6 is 0 Å². The molecule has 3 rings (SSSR count). The summed E-state index contributed by atoms with van der Waals surface area (Å²) >= 11 is 0. The van der Waals surface area contributed by atoms with Crippen LogP contribution in [0.2, 0.25) is 0 Å². The molecule has 4 heteroatoms. The van der Waals surface area contributed by atoms with Gasteiger partial charge >= 0.3 is 0 Å². The third kappa shape index (κ3) is 4.32. The van der Waals surface area contributed by atoms with E-state index in [0.717, 1.165) is 12.4 Å². The lowest BCUT2D eigenvalue weighted by Gasteiger charge is -2.18. The molecule has 1 N–H and O–H groups in total. The Balaban J connectivity index is 1.64. The first-order valence-electron chi connectivity index (χ1n) is 8.08. The molecule has 3 aromatic rings. The van der Waals surface area contributed by atoms with Gasteiger partial charge in [0.25, 0.3) is 0 Å². The number of benzene rings is 2. The first kappa shape index (κ1) is 16.0. The normalized spacial score (nSPS) is 10.4. The Labute approximate surface area is 143 Å². The van der Waals surface area contributed by atoms with Gasteiger partial charge in [0.2, 0.25) is 5.95 Å². The second-order valence-electron chi connectivity index (χ2n) is 5.92. The zero-order valence-electron chi connectivity index (χ0n) is 14.1. The van der Waals surface area contributed by atoms with Gasteiger partial charge in [0.1, 0.15) is 5.82 Å². The smallest absolute Gasteiger partial charge is 0.224 e. The molecule has 0 fully saturated rings. The minimum absolute atomic E-state index is 0.646. The number of nitrogens with zero attached hydrogens (tertiary/aromatic N) is 3. The van der Waals surface area contributed by atoms with Crippen molar-refractivity contribution in [2.24, 2.45) is 0 Å². The molecule has 1 heterocycles. The van der Waals surface area contributed by atoms with Gasteiger partial charge in [0, 0.05) is 26.3 Å². The van der Waals surface area contributed by atoms with Crippen molar-refractivity contribution in [1.29, 1.82) is 0 Å². The number of aromatic nitrogens is 2. The first-order valence-corrected chi connectivity index (χ1v) is 8.08. The van der Waals surface area contributed by atoms with E-state index in [2.05, 4.69) is 75.6 Å². The highest BCUT2D eigenvalue weighted by atomic mass is 15.2. The summed E-state index contributed by atoms with van der Waals surface area (Å²) in [6.07, 6.45) is 1.79. The topological polar surface area (TPSA) is 41.1 Å². The molecule has 122 valence electrons. The Morgan fingerprint density at radius 2 is 1.67 bits per heavy atom. The number of hydrogen-bond donors (Lipinski definition) is 1. The average molecular weight is 318 g/mol. The highest BCUT2D eigenvalue weighted by Crippen LogP contribution is 2.14. The summed E-state index contributed by atoms with van der Waals surface area (Å²) < 4.78 is 0. The summed E-state index contributed by atoms with van der Waals surface area (Å²) in [5.41, 5.74) is 3.74. The lowest BCUT2D eigenvalue weighted by molar-refractivity contribution is 0.889. The molecule has 0 radical (unpaired) electrons. The van der Waals surface area contributed by atoms with Gasteiger partial charge in [-0.2, -0.15) is 4.98 Å². The summed E-state index contributed by atoms with van der Waals surface area (Å²) in [4.78, 5) is 11.0. The molecule has 0 unspecified atom stereocenters. The highest BCUT2D eigenvalue weighted by Gasteiger charge is 2.05. The second kappa shape index (κ2) is 7.59. The van der Waals surface area contributed by atoms with Crippen LogP contribution in [0.5, 0.6) is 0 Å². The zero-order valence-corrected chi connectivity index (χ0v) is 14.1. The van der Waals surface area contributed by atoms with Crippen LogP contribution in [0.1, 0.15) is 16.7 Å². The molecule has 0 atom stereocenters. The third-order valence-electron chi connectivity index (χ3n) is 3.87. The number of nitrogens with one attached hydrogen (secondary N) is 1. The van der Waals surface area contributed by atoms with Crippen LogP contribution in [0.25, 0.3) is 0 Å². The van der Waals surface area contributed by atoms with E-state index in [-0.39, 0.29) is 0 Å². The lowest BCUT2D eigenvalue weighted by Crippen LogP contribution is -2.18. The van der Waals surface area contributed by atoms with Crippen LogP contribution in [0, 0.1) is 6.92 Å². The fraction of sp³-hybridized carbons (Fsp3) is 0.200. The van der Waals surface area contributed by atoms with Gasteiger partial charge in [-0.05, 0) is 24.1 Å². The maximum Gasteiger partial charge on any atom is 0.224 e. The summed E-state index contributed by atoms with van der Waals surface area (Å²) in [5.74, 6) is 1.55. The molecule has 0 spiro atoms. The van der Waals surface area contributed by atoms with Crippen molar-refractivity contribution in [2.45, 2.75) is 20.0 Å². The Morgan fingerprint density at radius 3 is 2.42 bits per heavy atom. The monoisotopic (exact) mass is 318 g/mol. The lowest BCUT2D eigenvalue weighted by atomic mass is 10.1. The quantitative estimate of drug-likeness (QED) is 0.745. The fourth-order valence-electron chi connectivity index (χ4n) is 2.47. The van der Waals surface area contributed by atoms with E-state index in [4.69, 9.17) is 0 Å². The molecule has 0 aliphatic rings. The third-order valence-corrected chi connectivity index (χ3v) is 3.87. The number of hydrogen-bond acceptors (Lipinski definition) is 4. The van der Waals surface area contributed by atoms with Crippen LogP contribution in [-0.2, 0) is 13.1 Å². The molecular weight excluding hydrogens is 296 g/mol. The van der Waals surface area contributed by atoms with Crippen LogP contribution < -0.4 is 10.2 Å². The van der Waals surface area contributed by atoms with Gasteiger partial charge in [-0.3, -0.25) is 0 Å². The summed E-state index contributed by atoms with van der Waals surface area (Å²) in [7, 11) is 2.04. The minimum atomic E-state index is 0.646. The molecule has 0 amide bonds. The summed E-state index contributed by atoms with van der Waals surface area (Å²) in [6, 6.07) is 20.8. The predicted octanol–water partition coefficient (Wildman–Crippen LogP) is 4.03. The van der Waals surface area contributed by atoms with Crippen molar-refractivity contribution in [1.82, 2.24) is 9.97 Å². The van der Waals surface area contributed by atoms with Gasteiger partial charge in [-0.15, -0.1) is 0 Å². The van der Waals surface area contributed by atoms with Crippen molar-refractivity contribution in [3.05, 3.63) is 83.6 Å². The van der Waals surface area contributed by atoms with Crippen LogP contribution in [0.3, 0.4) is 0 Å². The van der Waals surface area contributed by atoms with E-state index in [1.807, 2.05) is 19.2 Å². The van der Waals surface area contributed by atoms with E-state index in [1.165, 1.54) is 16.7 Å². The molecule has 0 aliphatic carbocycles. The van der Waals surface area contributed by atoms with Crippen molar-refractivity contribution in [3.63, 3.8) is 0 Å². The molecule has 4 nitrogen and oxygen atoms in total. The standard InChI is InChI=1S/C20H22N4/c1-16-8-10-17(11-9-16)14-22-20-21-13-12-19(23-20)24(2)15-18-6-4-3-5-7-18/h3-13H,14-15H2,1-2H3,(H,21,22,23). The predicted molar refractivity (Wildman–Crippen MR) is 99.1 cm³/mol. The Morgan fingerprint density at radius 1 is 0.917 bits per heavy atom. The molecule has 24 heavy (non-hydrogen) atoms. The summed E-state index contributed by atoms with van der Waals surface area (Å²) in [5, 5.41) is 3.29. The number of anilines is 2. The minimum Gasteiger partial charge on any atom is -0.355 e. The summed E-state index contributed by atoms with van der Waals surface area (Å²) in [6.45, 7) is 3.62. The molecule has 1 aromatic heterocycles. The van der Waals surface area contributed by atoms with Gasteiger partial charge in [-0.25, -0.2) is 4.98 Å². The van der Waals surface area contributed by atoms with Crippen LogP contribution in [0.4, 0.5) is 11.8 Å². The van der Waals surface area contributed by atoms with Gasteiger partial charge in [-0.1, -0.05) is 60.2 Å². The van der Waals surface area contributed by atoms with Crippen molar-refractivity contribution >= 4 is 11.8 Å². The Bertz CT molecular complexity index is 769. The van der Waals surface area contributed by atoms with E-state index in [9.17, 15) is 0 Å². The van der Waals surface area contributed by atoms with E-state index in [1.54, 1.807) is 6.20 Å². The van der Waals surface area contributed by atoms with Crippen molar-refractivity contribution in [3.8, 4) is 0 Å². The molecular formula is C20H22N4. The van der Waals surface area contributed by atoms with Gasteiger partial charge < -0.3 is 10.2 Å². The first-order chi connectivity index (χ1) is 11.7. The molecule has 2 aromatic carbocycles. The molecule has 0 aliphatic heterocycles.